The fourth-order valence-electron chi connectivity index (χ4n) is 4.45. The van der Waals surface area contributed by atoms with Gasteiger partial charge in [0.15, 0.2) is 0 Å². The third kappa shape index (κ3) is 2.17. The van der Waals surface area contributed by atoms with Gasteiger partial charge in [-0.25, -0.2) is 0 Å². The topological polar surface area (TPSA) is 12.9 Å². The van der Waals surface area contributed by atoms with Crippen molar-refractivity contribution in [2.75, 3.05) is 0 Å². The van der Waals surface area contributed by atoms with Gasteiger partial charge in [-0.15, -0.1) is 0 Å². The first-order valence-electron chi connectivity index (χ1n) is 9.56. The van der Waals surface area contributed by atoms with E-state index in [4.69, 9.17) is 0 Å². The Labute approximate surface area is 163 Å². The monoisotopic (exact) mass is 355 g/mol. The Morgan fingerprint density at radius 3 is 1.46 bits per heavy atom. The summed E-state index contributed by atoms with van der Waals surface area (Å²) >= 11 is 0. The molecule has 5 aromatic carbocycles. The lowest BCUT2D eigenvalue weighted by Crippen LogP contribution is -1.91. The maximum absolute atomic E-state index is 4.54. The van der Waals surface area contributed by atoms with Crippen molar-refractivity contribution in [2.45, 2.75) is 0 Å². The Morgan fingerprint density at radius 1 is 0.464 bits per heavy atom. The standard InChI is InChI=1S/C27H17N/c1-3-8-18(9-4-1)24-14-20-16-28-17-21-15-25(19-10-5-2-6-11-19)23-13-7-12-22(24)27(23)26(20)21/h1-17H. The van der Waals surface area contributed by atoms with Crippen molar-refractivity contribution >= 4 is 32.3 Å². The van der Waals surface area contributed by atoms with E-state index in [1.807, 2.05) is 12.4 Å². The van der Waals surface area contributed by atoms with Crippen LogP contribution in [0.1, 0.15) is 0 Å². The molecule has 0 aliphatic rings. The summed E-state index contributed by atoms with van der Waals surface area (Å²) in [6, 6.07) is 32.5. The second-order valence-electron chi connectivity index (χ2n) is 7.27. The van der Waals surface area contributed by atoms with Gasteiger partial charge in [-0.3, -0.25) is 4.98 Å². The number of nitrogens with zero attached hydrogens (tertiary/aromatic N) is 1. The molecule has 0 aliphatic carbocycles. The van der Waals surface area contributed by atoms with Crippen LogP contribution >= 0.6 is 0 Å². The predicted octanol–water partition coefficient (Wildman–Crippen LogP) is 7.31. The Morgan fingerprint density at radius 2 is 0.964 bits per heavy atom. The summed E-state index contributed by atoms with van der Waals surface area (Å²) in [5.74, 6) is 0. The molecule has 0 bridgehead atoms. The molecule has 0 amide bonds. The minimum Gasteiger partial charge on any atom is -0.263 e. The van der Waals surface area contributed by atoms with Crippen molar-refractivity contribution in [2.24, 2.45) is 0 Å². The summed E-state index contributed by atoms with van der Waals surface area (Å²) in [6.45, 7) is 0. The van der Waals surface area contributed by atoms with Crippen molar-refractivity contribution in [3.05, 3.63) is 103 Å². The largest absolute Gasteiger partial charge is 0.263 e. The molecule has 6 aromatic rings. The Kier molecular flexibility index (Phi) is 3.24. The maximum Gasteiger partial charge on any atom is 0.0347 e. The molecule has 0 saturated carbocycles. The van der Waals surface area contributed by atoms with Gasteiger partial charge < -0.3 is 0 Å². The second kappa shape index (κ2) is 5.90. The van der Waals surface area contributed by atoms with E-state index in [-0.39, 0.29) is 0 Å². The van der Waals surface area contributed by atoms with Gasteiger partial charge in [0.2, 0.25) is 0 Å². The minimum absolute atomic E-state index is 1.19. The zero-order chi connectivity index (χ0) is 18.5. The molecule has 0 spiro atoms. The van der Waals surface area contributed by atoms with Gasteiger partial charge in [0.25, 0.3) is 0 Å². The fourth-order valence-corrected chi connectivity index (χ4v) is 4.45. The van der Waals surface area contributed by atoms with Gasteiger partial charge in [0.1, 0.15) is 0 Å². The van der Waals surface area contributed by atoms with E-state index in [1.165, 1.54) is 54.6 Å². The van der Waals surface area contributed by atoms with Crippen LogP contribution in [0.25, 0.3) is 54.6 Å². The number of aromatic nitrogens is 1. The van der Waals surface area contributed by atoms with Crippen LogP contribution in [0, 0.1) is 0 Å². The van der Waals surface area contributed by atoms with E-state index >= 15 is 0 Å². The Balaban J connectivity index is 1.84. The molecule has 1 heterocycles. The highest BCUT2D eigenvalue weighted by Crippen LogP contribution is 2.43. The summed E-state index contributed by atoms with van der Waals surface area (Å²) in [5, 5.41) is 7.62. The average molecular weight is 355 g/mol. The lowest BCUT2D eigenvalue weighted by molar-refractivity contribution is 1.39. The second-order valence-corrected chi connectivity index (χ2v) is 7.27. The number of pyridine rings is 1. The van der Waals surface area contributed by atoms with Crippen LogP contribution in [0.4, 0.5) is 0 Å². The van der Waals surface area contributed by atoms with Crippen molar-refractivity contribution in [1.29, 1.82) is 0 Å². The van der Waals surface area contributed by atoms with Crippen LogP contribution in [-0.2, 0) is 0 Å². The SMILES string of the molecule is c1ccc(-c2cc3cncc4cc(-c5ccccc5)c5cccc2c5c34)cc1. The van der Waals surface area contributed by atoms with Crippen LogP contribution in [0.5, 0.6) is 0 Å². The first-order valence-corrected chi connectivity index (χ1v) is 9.56. The zero-order valence-electron chi connectivity index (χ0n) is 15.3. The molecule has 0 radical (unpaired) electrons. The van der Waals surface area contributed by atoms with Crippen LogP contribution in [0.2, 0.25) is 0 Å². The third-order valence-corrected chi connectivity index (χ3v) is 5.67. The highest BCUT2D eigenvalue weighted by molar-refractivity contribution is 6.28. The van der Waals surface area contributed by atoms with E-state index in [1.54, 1.807) is 0 Å². The van der Waals surface area contributed by atoms with Gasteiger partial charge in [0.05, 0.1) is 0 Å². The van der Waals surface area contributed by atoms with Gasteiger partial charge >= 0.3 is 0 Å². The molecule has 0 fully saturated rings. The lowest BCUT2D eigenvalue weighted by Gasteiger charge is -2.17. The molecule has 6 rings (SSSR count). The molecule has 0 atom stereocenters. The third-order valence-electron chi connectivity index (χ3n) is 5.67. The van der Waals surface area contributed by atoms with Crippen molar-refractivity contribution in [1.82, 2.24) is 4.98 Å². The molecule has 0 saturated heterocycles. The van der Waals surface area contributed by atoms with E-state index in [2.05, 4.69) is 96.0 Å². The van der Waals surface area contributed by atoms with Crippen molar-refractivity contribution < 1.29 is 0 Å². The minimum atomic E-state index is 1.19. The molecule has 1 nitrogen and oxygen atoms in total. The first-order chi connectivity index (χ1) is 13.9. The fraction of sp³-hybridized carbons (Fsp3) is 0. The molecule has 0 unspecified atom stereocenters. The van der Waals surface area contributed by atoms with Gasteiger partial charge in [0, 0.05) is 28.6 Å². The zero-order valence-corrected chi connectivity index (χ0v) is 15.3. The summed E-state index contributed by atoms with van der Waals surface area (Å²) in [6.07, 6.45) is 3.98. The average Bonchev–Trinajstić information content (AvgIpc) is 2.78. The lowest BCUT2D eigenvalue weighted by atomic mass is 9.86. The van der Waals surface area contributed by atoms with Crippen LogP contribution in [-0.4, -0.2) is 4.98 Å². The van der Waals surface area contributed by atoms with Crippen LogP contribution in [0.15, 0.2) is 103 Å². The molecule has 130 valence electrons. The highest BCUT2D eigenvalue weighted by Gasteiger charge is 2.16. The maximum atomic E-state index is 4.54. The summed E-state index contributed by atoms with van der Waals surface area (Å²) in [4.78, 5) is 4.54. The molecule has 1 heteroatoms. The number of rotatable bonds is 2. The summed E-state index contributed by atoms with van der Waals surface area (Å²) < 4.78 is 0. The highest BCUT2D eigenvalue weighted by atomic mass is 14.6. The summed E-state index contributed by atoms with van der Waals surface area (Å²) in [5.41, 5.74) is 5.00. The number of benzene rings is 5. The van der Waals surface area contributed by atoms with E-state index < -0.39 is 0 Å². The van der Waals surface area contributed by atoms with Crippen LogP contribution < -0.4 is 0 Å². The number of hydrogen-bond acceptors (Lipinski definition) is 1. The Hall–Kier alpha value is -3.71. The molecular formula is C27H17N. The van der Waals surface area contributed by atoms with Crippen molar-refractivity contribution in [3.8, 4) is 22.3 Å². The molecule has 1 aromatic heterocycles. The van der Waals surface area contributed by atoms with E-state index in [0.29, 0.717) is 0 Å². The van der Waals surface area contributed by atoms with E-state index in [9.17, 15) is 0 Å². The molecular weight excluding hydrogens is 338 g/mol. The van der Waals surface area contributed by atoms with Crippen molar-refractivity contribution in [3.63, 3.8) is 0 Å². The van der Waals surface area contributed by atoms with E-state index in [0.717, 1.165) is 0 Å². The van der Waals surface area contributed by atoms with Gasteiger partial charge in [-0.05, 0) is 50.5 Å². The summed E-state index contributed by atoms with van der Waals surface area (Å²) in [7, 11) is 0. The Bertz CT molecular complexity index is 1330. The first kappa shape index (κ1) is 15.4. The van der Waals surface area contributed by atoms with Crippen LogP contribution in [0.3, 0.4) is 0 Å². The molecule has 28 heavy (non-hydrogen) atoms. The molecule has 0 aliphatic heterocycles. The predicted molar refractivity (Wildman–Crippen MR) is 119 cm³/mol. The number of hydrogen-bond donors (Lipinski definition) is 0. The van der Waals surface area contributed by atoms with Gasteiger partial charge in [-0.2, -0.15) is 0 Å². The normalized spacial score (nSPS) is 11.6. The van der Waals surface area contributed by atoms with Gasteiger partial charge in [-0.1, -0.05) is 78.9 Å². The smallest absolute Gasteiger partial charge is 0.0347 e. The quantitative estimate of drug-likeness (QED) is 0.297. The molecule has 0 N–H and O–H groups in total.